The molecule has 2 rings (SSSR count). The van der Waals surface area contributed by atoms with Crippen molar-refractivity contribution in [2.45, 2.75) is 0 Å². The maximum atomic E-state index is 8.14. The van der Waals surface area contributed by atoms with E-state index < -0.39 is 0 Å². The first-order valence-electron chi connectivity index (χ1n) is 6.26. The van der Waals surface area contributed by atoms with Gasteiger partial charge in [-0.15, -0.1) is 0 Å². The van der Waals surface area contributed by atoms with Gasteiger partial charge in [-0.05, 0) is 0 Å². The molecule has 0 spiro atoms. The summed E-state index contributed by atoms with van der Waals surface area (Å²) in [6.45, 7) is 5.50. The standard InChI is InChI=1S/C11H21N5O2/c1-14(10(12)15-2-6-17-7-3-15)11(13)16-4-8-18-9-5-16/h12-13H,2-9H2,1H3. The Hall–Kier alpha value is -1.34. The molecule has 2 aliphatic rings. The van der Waals surface area contributed by atoms with Gasteiger partial charge in [0, 0.05) is 33.2 Å². The van der Waals surface area contributed by atoms with Crippen LogP contribution in [0, 0.1) is 10.8 Å². The molecule has 7 nitrogen and oxygen atoms in total. The molecule has 2 N–H and O–H groups in total. The first-order valence-corrected chi connectivity index (χ1v) is 6.26. The lowest BCUT2D eigenvalue weighted by Crippen LogP contribution is -2.54. The monoisotopic (exact) mass is 255 g/mol. The van der Waals surface area contributed by atoms with E-state index in [9.17, 15) is 0 Å². The lowest BCUT2D eigenvalue weighted by Gasteiger charge is -2.37. The van der Waals surface area contributed by atoms with Gasteiger partial charge in [-0.3, -0.25) is 15.7 Å². The molecule has 7 heteroatoms. The highest BCUT2D eigenvalue weighted by Crippen LogP contribution is 2.05. The van der Waals surface area contributed by atoms with Crippen molar-refractivity contribution in [3.05, 3.63) is 0 Å². The van der Waals surface area contributed by atoms with Gasteiger partial charge < -0.3 is 19.3 Å². The molecule has 0 radical (unpaired) electrons. The summed E-state index contributed by atoms with van der Waals surface area (Å²) >= 11 is 0. The minimum absolute atomic E-state index is 0.370. The van der Waals surface area contributed by atoms with Crippen LogP contribution in [0.2, 0.25) is 0 Å². The highest BCUT2D eigenvalue weighted by molar-refractivity contribution is 5.95. The van der Waals surface area contributed by atoms with Gasteiger partial charge in [0.05, 0.1) is 26.4 Å². The fraction of sp³-hybridized carbons (Fsp3) is 0.818. The Morgan fingerprint density at radius 1 is 0.833 bits per heavy atom. The van der Waals surface area contributed by atoms with Crippen LogP contribution in [0.4, 0.5) is 0 Å². The number of nitrogens with zero attached hydrogens (tertiary/aromatic N) is 3. The zero-order valence-electron chi connectivity index (χ0n) is 10.8. The molecule has 2 saturated heterocycles. The average Bonchev–Trinajstić information content (AvgIpc) is 2.47. The number of nitrogens with one attached hydrogen (secondary N) is 2. The number of ether oxygens (including phenoxy) is 2. The fourth-order valence-electron chi connectivity index (χ4n) is 2.07. The largest absolute Gasteiger partial charge is 0.378 e. The molecular formula is C11H21N5O2. The molecule has 0 aromatic carbocycles. The van der Waals surface area contributed by atoms with Crippen LogP contribution >= 0.6 is 0 Å². The summed E-state index contributed by atoms with van der Waals surface area (Å²) in [7, 11) is 1.77. The Kier molecular flexibility index (Phi) is 4.38. The van der Waals surface area contributed by atoms with Crippen LogP contribution in [0.25, 0.3) is 0 Å². The summed E-state index contributed by atoms with van der Waals surface area (Å²) in [5, 5.41) is 16.3. The van der Waals surface area contributed by atoms with E-state index in [-0.39, 0.29) is 0 Å². The smallest absolute Gasteiger partial charge is 0.200 e. The number of rotatable bonds is 0. The van der Waals surface area contributed by atoms with Crippen molar-refractivity contribution in [3.63, 3.8) is 0 Å². The van der Waals surface area contributed by atoms with Crippen molar-refractivity contribution < 1.29 is 9.47 Å². The Balaban J connectivity index is 1.90. The van der Waals surface area contributed by atoms with Gasteiger partial charge in [0.1, 0.15) is 0 Å². The topological polar surface area (TPSA) is 75.9 Å². The minimum atomic E-state index is 0.370. The molecule has 0 aromatic rings. The summed E-state index contributed by atoms with van der Waals surface area (Å²) in [6.07, 6.45) is 0. The predicted molar refractivity (Wildman–Crippen MR) is 68.0 cm³/mol. The minimum Gasteiger partial charge on any atom is -0.378 e. The van der Waals surface area contributed by atoms with Crippen LogP contribution in [0.15, 0.2) is 0 Å². The zero-order valence-corrected chi connectivity index (χ0v) is 10.8. The third kappa shape index (κ3) is 2.91. The van der Waals surface area contributed by atoms with Crippen molar-refractivity contribution >= 4 is 11.9 Å². The van der Waals surface area contributed by atoms with Crippen molar-refractivity contribution in [1.82, 2.24) is 14.7 Å². The third-order valence-corrected chi connectivity index (χ3v) is 3.26. The first kappa shape index (κ1) is 13.1. The normalized spacial score (nSPS) is 20.7. The van der Waals surface area contributed by atoms with Crippen LogP contribution in [-0.4, -0.2) is 86.3 Å². The second-order valence-corrected chi connectivity index (χ2v) is 4.41. The molecule has 0 atom stereocenters. The van der Waals surface area contributed by atoms with Gasteiger partial charge in [0.2, 0.25) is 11.9 Å². The van der Waals surface area contributed by atoms with E-state index in [1.165, 1.54) is 0 Å². The second kappa shape index (κ2) is 6.01. The molecule has 0 amide bonds. The Bertz CT molecular complexity index is 281. The second-order valence-electron chi connectivity index (χ2n) is 4.41. The van der Waals surface area contributed by atoms with E-state index in [0.29, 0.717) is 38.3 Å². The number of hydrogen-bond acceptors (Lipinski definition) is 4. The lowest BCUT2D eigenvalue weighted by molar-refractivity contribution is 0.0587. The van der Waals surface area contributed by atoms with E-state index >= 15 is 0 Å². The van der Waals surface area contributed by atoms with E-state index in [2.05, 4.69) is 0 Å². The Labute approximate surface area is 107 Å². The Morgan fingerprint density at radius 3 is 1.50 bits per heavy atom. The van der Waals surface area contributed by atoms with Gasteiger partial charge in [-0.1, -0.05) is 0 Å². The van der Waals surface area contributed by atoms with Crippen LogP contribution < -0.4 is 0 Å². The summed E-state index contributed by atoms with van der Waals surface area (Å²) in [5.41, 5.74) is 0. The molecule has 102 valence electrons. The van der Waals surface area contributed by atoms with Crippen LogP contribution in [0.1, 0.15) is 0 Å². The maximum absolute atomic E-state index is 8.14. The summed E-state index contributed by atoms with van der Waals surface area (Å²) in [4.78, 5) is 5.51. The van der Waals surface area contributed by atoms with E-state index in [1.54, 1.807) is 11.9 Å². The molecule has 0 saturated carbocycles. The van der Waals surface area contributed by atoms with Crippen LogP contribution in [-0.2, 0) is 9.47 Å². The predicted octanol–water partition coefficient (Wildman–Crippen LogP) is -0.548. The highest BCUT2D eigenvalue weighted by Gasteiger charge is 2.23. The lowest BCUT2D eigenvalue weighted by atomic mass is 10.4. The molecule has 18 heavy (non-hydrogen) atoms. The van der Waals surface area contributed by atoms with E-state index in [0.717, 1.165) is 26.2 Å². The van der Waals surface area contributed by atoms with Gasteiger partial charge in [-0.2, -0.15) is 0 Å². The molecule has 0 aliphatic carbocycles. The van der Waals surface area contributed by atoms with Crippen molar-refractivity contribution in [1.29, 1.82) is 10.8 Å². The van der Waals surface area contributed by atoms with Gasteiger partial charge in [0.15, 0.2) is 0 Å². The van der Waals surface area contributed by atoms with Crippen molar-refractivity contribution in [3.8, 4) is 0 Å². The van der Waals surface area contributed by atoms with Gasteiger partial charge in [-0.25, -0.2) is 0 Å². The summed E-state index contributed by atoms with van der Waals surface area (Å²) < 4.78 is 10.5. The van der Waals surface area contributed by atoms with Crippen molar-refractivity contribution in [2.24, 2.45) is 0 Å². The van der Waals surface area contributed by atoms with E-state index in [1.807, 2.05) is 9.80 Å². The van der Waals surface area contributed by atoms with Crippen LogP contribution in [0.3, 0.4) is 0 Å². The van der Waals surface area contributed by atoms with Crippen LogP contribution in [0.5, 0.6) is 0 Å². The first-order chi connectivity index (χ1) is 8.70. The maximum Gasteiger partial charge on any atom is 0.200 e. The summed E-state index contributed by atoms with van der Waals surface area (Å²) in [6, 6.07) is 0. The molecular weight excluding hydrogens is 234 g/mol. The fourth-order valence-corrected chi connectivity index (χ4v) is 2.07. The Morgan fingerprint density at radius 2 is 1.17 bits per heavy atom. The molecule has 2 fully saturated rings. The van der Waals surface area contributed by atoms with Gasteiger partial charge >= 0.3 is 0 Å². The molecule has 0 aromatic heterocycles. The molecule has 2 aliphatic heterocycles. The van der Waals surface area contributed by atoms with Crippen molar-refractivity contribution in [2.75, 3.05) is 59.7 Å². The molecule has 0 unspecified atom stereocenters. The quantitative estimate of drug-likeness (QED) is 0.449. The number of hydrogen-bond donors (Lipinski definition) is 2. The molecule has 2 heterocycles. The summed E-state index contributed by atoms with van der Waals surface area (Å²) in [5.74, 6) is 0.740. The molecule has 0 bridgehead atoms. The average molecular weight is 255 g/mol. The number of morpholine rings is 2. The highest BCUT2D eigenvalue weighted by atomic mass is 16.5. The third-order valence-electron chi connectivity index (χ3n) is 3.26. The van der Waals surface area contributed by atoms with E-state index in [4.69, 9.17) is 20.3 Å². The van der Waals surface area contributed by atoms with Gasteiger partial charge in [0.25, 0.3) is 0 Å². The zero-order chi connectivity index (χ0) is 13.0. The SMILES string of the molecule is CN(C(=N)N1CCOCC1)C(=N)N1CCOCC1. The number of guanidine groups is 2.